The Hall–Kier alpha value is -0.150. The van der Waals surface area contributed by atoms with E-state index in [1.54, 1.807) is 0 Å². The molecule has 2 nitrogen and oxygen atoms in total. The average molecular weight is 443 g/mol. The van der Waals surface area contributed by atoms with Gasteiger partial charge in [0.05, 0.1) is 12.7 Å². The predicted octanol–water partition coefficient (Wildman–Crippen LogP) is 9.31. The van der Waals surface area contributed by atoms with E-state index >= 15 is 0 Å². The summed E-state index contributed by atoms with van der Waals surface area (Å²) >= 11 is 5.30. The molecule has 0 aromatic rings. The van der Waals surface area contributed by atoms with Crippen molar-refractivity contribution in [2.75, 3.05) is 6.61 Å². The normalized spacial score (nSPS) is 12.2. The van der Waals surface area contributed by atoms with Gasteiger partial charge in [-0.25, -0.2) is 0 Å². The number of hydrogen-bond acceptors (Lipinski definition) is 3. The number of hydrogen-bond donors (Lipinski definition) is 1. The van der Waals surface area contributed by atoms with Crippen LogP contribution in [0, 0.1) is 0 Å². The van der Waals surface area contributed by atoms with Crippen LogP contribution in [0.3, 0.4) is 0 Å². The number of aliphatic hydroxyl groups is 1. The zero-order chi connectivity index (χ0) is 22.1. The monoisotopic (exact) mass is 442 g/mol. The van der Waals surface area contributed by atoms with Crippen molar-refractivity contribution in [1.82, 2.24) is 0 Å². The van der Waals surface area contributed by atoms with Crippen LogP contribution in [-0.2, 0) is 4.74 Å². The first kappa shape index (κ1) is 29.9. The molecule has 0 amide bonds. The molecule has 0 aromatic carbocycles. The second-order valence-corrected chi connectivity index (χ2v) is 9.69. The molecule has 0 radical (unpaired) electrons. The lowest BCUT2D eigenvalue weighted by Gasteiger charge is -2.12. The van der Waals surface area contributed by atoms with Crippen LogP contribution < -0.4 is 0 Å². The number of rotatable bonds is 24. The highest BCUT2D eigenvalue weighted by Gasteiger charge is 2.08. The van der Waals surface area contributed by atoms with Gasteiger partial charge in [0.25, 0.3) is 0 Å². The van der Waals surface area contributed by atoms with E-state index in [1.165, 1.54) is 116 Å². The van der Waals surface area contributed by atoms with Gasteiger partial charge in [-0.15, -0.1) is 0 Å². The lowest BCUT2D eigenvalue weighted by Crippen LogP contribution is -2.14. The first-order valence-corrected chi connectivity index (χ1v) is 13.9. The smallest absolute Gasteiger partial charge is 0.162 e. The SMILES string of the molecule is CCCCCCCCCCCCOC(=S)CC(O)CCCCCCCCCCCC. The van der Waals surface area contributed by atoms with Crippen molar-refractivity contribution in [3.8, 4) is 0 Å². The molecular formula is C27H54O2S. The molecule has 1 atom stereocenters. The quantitative estimate of drug-likeness (QED) is 0.119. The summed E-state index contributed by atoms with van der Waals surface area (Å²) in [5.74, 6) is 0. The topological polar surface area (TPSA) is 29.5 Å². The van der Waals surface area contributed by atoms with Crippen LogP contribution in [0.4, 0.5) is 0 Å². The van der Waals surface area contributed by atoms with Crippen molar-refractivity contribution in [3.63, 3.8) is 0 Å². The number of ether oxygens (including phenoxy) is 1. The summed E-state index contributed by atoms with van der Waals surface area (Å²) in [7, 11) is 0. The molecule has 1 N–H and O–H groups in total. The maximum Gasteiger partial charge on any atom is 0.162 e. The van der Waals surface area contributed by atoms with Crippen LogP contribution in [0.2, 0.25) is 0 Å². The van der Waals surface area contributed by atoms with E-state index in [-0.39, 0.29) is 6.10 Å². The minimum absolute atomic E-state index is 0.320. The summed E-state index contributed by atoms with van der Waals surface area (Å²) in [6.07, 6.45) is 27.7. The minimum atomic E-state index is -0.320. The molecule has 0 fully saturated rings. The van der Waals surface area contributed by atoms with E-state index in [9.17, 15) is 5.11 Å². The van der Waals surface area contributed by atoms with Crippen LogP contribution in [0.15, 0.2) is 0 Å². The molecule has 180 valence electrons. The standard InChI is InChI=1S/C27H54O2S/c1-3-5-7-9-11-13-15-17-19-21-23-26(28)25-27(30)29-24-22-20-18-16-14-12-10-8-6-4-2/h26,28H,3-25H2,1-2H3. The molecule has 0 aliphatic carbocycles. The third-order valence-corrected chi connectivity index (χ3v) is 6.34. The fourth-order valence-electron chi connectivity index (χ4n) is 4.00. The predicted molar refractivity (Wildman–Crippen MR) is 137 cm³/mol. The van der Waals surface area contributed by atoms with E-state index in [2.05, 4.69) is 13.8 Å². The van der Waals surface area contributed by atoms with Crippen LogP contribution >= 0.6 is 12.2 Å². The molecular weight excluding hydrogens is 388 g/mol. The molecule has 0 saturated carbocycles. The van der Waals surface area contributed by atoms with E-state index in [0.717, 1.165) is 25.9 Å². The summed E-state index contributed by atoms with van der Waals surface area (Å²) in [6.45, 7) is 5.26. The Labute approximate surface area is 194 Å². The summed E-state index contributed by atoms with van der Waals surface area (Å²) in [4.78, 5) is 0. The van der Waals surface area contributed by atoms with Gasteiger partial charge in [0.2, 0.25) is 0 Å². The Bertz CT molecular complexity index is 346. The number of unbranched alkanes of at least 4 members (excludes halogenated alkanes) is 18. The van der Waals surface area contributed by atoms with Gasteiger partial charge in [-0.1, -0.05) is 136 Å². The second-order valence-electron chi connectivity index (χ2n) is 9.23. The lowest BCUT2D eigenvalue weighted by molar-refractivity contribution is 0.158. The van der Waals surface area contributed by atoms with Gasteiger partial charge < -0.3 is 9.84 Å². The van der Waals surface area contributed by atoms with Gasteiger partial charge in [0.1, 0.15) is 0 Å². The van der Waals surface area contributed by atoms with Crippen molar-refractivity contribution in [1.29, 1.82) is 0 Å². The van der Waals surface area contributed by atoms with Crippen LogP contribution in [-0.4, -0.2) is 22.9 Å². The van der Waals surface area contributed by atoms with Gasteiger partial charge in [-0.2, -0.15) is 0 Å². The van der Waals surface area contributed by atoms with Crippen molar-refractivity contribution in [2.45, 2.75) is 161 Å². The number of thiocarbonyl (C=S) groups is 1. The highest BCUT2D eigenvalue weighted by Crippen LogP contribution is 2.14. The Balaban J connectivity index is 3.30. The summed E-state index contributed by atoms with van der Waals surface area (Å²) in [6, 6.07) is 0. The molecule has 0 rings (SSSR count). The fraction of sp³-hybridized carbons (Fsp3) is 0.963. The van der Waals surface area contributed by atoms with Crippen LogP contribution in [0.1, 0.15) is 155 Å². The molecule has 0 aromatic heterocycles. The molecule has 0 aliphatic heterocycles. The highest BCUT2D eigenvalue weighted by molar-refractivity contribution is 7.80. The first-order chi connectivity index (χ1) is 14.7. The van der Waals surface area contributed by atoms with Gasteiger partial charge >= 0.3 is 0 Å². The van der Waals surface area contributed by atoms with Crippen LogP contribution in [0.25, 0.3) is 0 Å². The summed E-state index contributed by atoms with van der Waals surface area (Å²) < 4.78 is 5.66. The van der Waals surface area contributed by atoms with E-state index < -0.39 is 0 Å². The summed E-state index contributed by atoms with van der Waals surface area (Å²) in [5, 5.41) is 10.8. The van der Waals surface area contributed by atoms with Gasteiger partial charge in [0, 0.05) is 6.42 Å². The van der Waals surface area contributed by atoms with Gasteiger partial charge in [-0.3, -0.25) is 0 Å². The average Bonchev–Trinajstić information content (AvgIpc) is 2.73. The van der Waals surface area contributed by atoms with Gasteiger partial charge in [0.15, 0.2) is 5.05 Å². The minimum Gasteiger partial charge on any atom is -0.487 e. The Kier molecular flexibility index (Phi) is 25.0. The Morgan fingerprint density at radius 3 is 1.40 bits per heavy atom. The van der Waals surface area contributed by atoms with Crippen LogP contribution in [0.5, 0.6) is 0 Å². The summed E-state index contributed by atoms with van der Waals surface area (Å²) in [5.41, 5.74) is 0. The Morgan fingerprint density at radius 1 is 0.600 bits per heavy atom. The lowest BCUT2D eigenvalue weighted by atomic mass is 10.0. The number of aliphatic hydroxyl groups excluding tert-OH is 1. The molecule has 0 heterocycles. The molecule has 3 heteroatoms. The maximum atomic E-state index is 10.2. The largest absolute Gasteiger partial charge is 0.487 e. The maximum absolute atomic E-state index is 10.2. The fourth-order valence-corrected chi connectivity index (χ4v) is 4.27. The van der Waals surface area contributed by atoms with Gasteiger partial charge in [-0.05, 0) is 25.1 Å². The van der Waals surface area contributed by atoms with E-state index in [4.69, 9.17) is 17.0 Å². The van der Waals surface area contributed by atoms with E-state index in [0.29, 0.717) is 11.5 Å². The third kappa shape index (κ3) is 24.1. The third-order valence-electron chi connectivity index (χ3n) is 6.05. The van der Waals surface area contributed by atoms with Crippen molar-refractivity contribution in [3.05, 3.63) is 0 Å². The molecule has 0 bridgehead atoms. The zero-order valence-electron chi connectivity index (χ0n) is 20.6. The molecule has 1 unspecified atom stereocenters. The van der Waals surface area contributed by atoms with Crippen molar-refractivity contribution < 1.29 is 9.84 Å². The first-order valence-electron chi connectivity index (χ1n) is 13.5. The van der Waals surface area contributed by atoms with Crippen molar-refractivity contribution >= 4 is 17.3 Å². The van der Waals surface area contributed by atoms with E-state index in [1.807, 2.05) is 0 Å². The molecule has 30 heavy (non-hydrogen) atoms. The molecule has 0 saturated heterocycles. The molecule has 0 aliphatic rings. The Morgan fingerprint density at radius 2 is 0.967 bits per heavy atom. The zero-order valence-corrected chi connectivity index (χ0v) is 21.4. The van der Waals surface area contributed by atoms with Crippen molar-refractivity contribution in [2.24, 2.45) is 0 Å². The molecule has 0 spiro atoms. The second kappa shape index (κ2) is 25.1. The highest BCUT2D eigenvalue weighted by atomic mass is 32.1.